The van der Waals surface area contributed by atoms with E-state index in [-0.39, 0.29) is 28.6 Å². The molecule has 1 aliphatic rings. The van der Waals surface area contributed by atoms with Crippen molar-refractivity contribution in [3.63, 3.8) is 0 Å². The number of hydrogen-bond acceptors (Lipinski definition) is 7. The average Bonchev–Trinajstić information content (AvgIpc) is 2.38. The average molecular weight is 296 g/mol. The number of thiol groups is 1. The minimum atomic E-state index is -2.61. The summed E-state index contributed by atoms with van der Waals surface area (Å²) in [5.74, 6) is 0.214. The van der Waals surface area contributed by atoms with Crippen LogP contribution < -0.4 is 5.32 Å². The SMILES string of the molecule is CC1(C)C(O)CC1Nc1nc(C[SH](=O)=O)ncc1C#N. The molecule has 0 aliphatic heterocycles. The van der Waals surface area contributed by atoms with Crippen molar-refractivity contribution >= 4 is 16.5 Å². The molecule has 20 heavy (non-hydrogen) atoms. The van der Waals surface area contributed by atoms with Crippen LogP contribution in [-0.2, 0) is 16.5 Å². The molecule has 0 bridgehead atoms. The fraction of sp³-hybridized carbons (Fsp3) is 0.583. The van der Waals surface area contributed by atoms with Gasteiger partial charge in [-0.2, -0.15) is 5.26 Å². The molecule has 2 atom stereocenters. The van der Waals surface area contributed by atoms with Crippen LogP contribution in [0.4, 0.5) is 5.82 Å². The van der Waals surface area contributed by atoms with Crippen LogP contribution in [0.25, 0.3) is 0 Å². The van der Waals surface area contributed by atoms with Crippen LogP contribution in [0.2, 0.25) is 0 Å². The maximum atomic E-state index is 10.7. The van der Waals surface area contributed by atoms with E-state index >= 15 is 0 Å². The Morgan fingerprint density at radius 2 is 2.30 bits per heavy atom. The fourth-order valence-electron chi connectivity index (χ4n) is 2.11. The van der Waals surface area contributed by atoms with E-state index in [2.05, 4.69) is 15.3 Å². The number of aliphatic hydroxyl groups excluding tert-OH is 1. The summed E-state index contributed by atoms with van der Waals surface area (Å²) in [6.07, 6.45) is 1.47. The van der Waals surface area contributed by atoms with Crippen LogP contribution >= 0.6 is 0 Å². The third kappa shape index (κ3) is 2.73. The van der Waals surface area contributed by atoms with Gasteiger partial charge in [0.25, 0.3) is 0 Å². The van der Waals surface area contributed by atoms with Gasteiger partial charge in [-0.3, -0.25) is 0 Å². The quantitative estimate of drug-likeness (QED) is 0.671. The third-order valence-electron chi connectivity index (χ3n) is 3.76. The van der Waals surface area contributed by atoms with Crippen molar-refractivity contribution in [3.8, 4) is 6.07 Å². The molecule has 0 radical (unpaired) electrons. The second-order valence-corrected chi connectivity index (χ2v) is 6.40. The molecule has 1 aromatic rings. The van der Waals surface area contributed by atoms with Crippen molar-refractivity contribution < 1.29 is 13.5 Å². The van der Waals surface area contributed by atoms with E-state index in [1.54, 1.807) is 0 Å². The molecule has 1 aliphatic carbocycles. The molecular weight excluding hydrogens is 280 g/mol. The van der Waals surface area contributed by atoms with Crippen LogP contribution in [0.15, 0.2) is 6.20 Å². The Morgan fingerprint density at radius 3 is 2.80 bits per heavy atom. The Kier molecular flexibility index (Phi) is 3.92. The Bertz CT molecular complexity index is 628. The van der Waals surface area contributed by atoms with Crippen LogP contribution in [-0.4, -0.2) is 35.6 Å². The van der Waals surface area contributed by atoms with E-state index in [1.807, 2.05) is 19.9 Å². The minimum Gasteiger partial charge on any atom is -0.392 e. The molecule has 8 heteroatoms. The van der Waals surface area contributed by atoms with Crippen LogP contribution in [0.5, 0.6) is 0 Å². The van der Waals surface area contributed by atoms with Gasteiger partial charge in [0.1, 0.15) is 39.7 Å². The number of aromatic nitrogens is 2. The van der Waals surface area contributed by atoms with Crippen molar-refractivity contribution in [1.82, 2.24) is 9.97 Å². The first kappa shape index (κ1) is 14.7. The highest BCUT2D eigenvalue weighted by Gasteiger charge is 2.47. The summed E-state index contributed by atoms with van der Waals surface area (Å²) >= 11 is 0. The van der Waals surface area contributed by atoms with E-state index in [9.17, 15) is 13.5 Å². The summed E-state index contributed by atoms with van der Waals surface area (Å²) < 4.78 is 21.4. The normalized spacial score (nSPS) is 23.9. The monoisotopic (exact) mass is 296 g/mol. The molecule has 1 aromatic heterocycles. The molecule has 0 saturated heterocycles. The highest BCUT2D eigenvalue weighted by atomic mass is 32.2. The van der Waals surface area contributed by atoms with E-state index in [0.29, 0.717) is 12.2 Å². The van der Waals surface area contributed by atoms with Gasteiger partial charge < -0.3 is 10.4 Å². The highest BCUT2D eigenvalue weighted by molar-refractivity contribution is 7.71. The van der Waals surface area contributed by atoms with Crippen molar-refractivity contribution in [3.05, 3.63) is 17.6 Å². The number of hydrogen-bond donors (Lipinski definition) is 3. The molecule has 2 unspecified atom stereocenters. The fourth-order valence-corrected chi connectivity index (χ4v) is 2.50. The van der Waals surface area contributed by atoms with E-state index in [1.165, 1.54) is 6.20 Å². The number of nitriles is 1. The largest absolute Gasteiger partial charge is 0.392 e. The number of nitrogens with one attached hydrogen (secondary N) is 1. The molecule has 0 spiro atoms. The summed E-state index contributed by atoms with van der Waals surface area (Å²) in [6, 6.07) is 1.95. The van der Waals surface area contributed by atoms with Gasteiger partial charge in [-0.25, -0.2) is 18.4 Å². The zero-order valence-electron chi connectivity index (χ0n) is 11.2. The zero-order valence-corrected chi connectivity index (χ0v) is 12.1. The first-order valence-corrected chi connectivity index (χ1v) is 7.53. The third-order valence-corrected chi connectivity index (χ3v) is 4.30. The second kappa shape index (κ2) is 5.34. The zero-order chi connectivity index (χ0) is 14.9. The molecule has 108 valence electrons. The lowest BCUT2D eigenvalue weighted by atomic mass is 9.64. The summed E-state index contributed by atoms with van der Waals surface area (Å²) in [4.78, 5) is 7.93. The summed E-state index contributed by atoms with van der Waals surface area (Å²) in [6.45, 7) is 3.84. The maximum absolute atomic E-state index is 10.7. The maximum Gasteiger partial charge on any atom is 0.147 e. The summed E-state index contributed by atoms with van der Waals surface area (Å²) in [5.41, 5.74) is -0.0614. The van der Waals surface area contributed by atoms with Crippen molar-refractivity contribution in [1.29, 1.82) is 5.26 Å². The van der Waals surface area contributed by atoms with E-state index < -0.39 is 16.8 Å². The van der Waals surface area contributed by atoms with Gasteiger partial charge in [-0.05, 0) is 6.42 Å². The van der Waals surface area contributed by atoms with Crippen LogP contribution in [0.3, 0.4) is 0 Å². The van der Waals surface area contributed by atoms with Crippen LogP contribution in [0.1, 0.15) is 31.7 Å². The van der Waals surface area contributed by atoms with Gasteiger partial charge in [-0.1, -0.05) is 13.8 Å². The Hall–Kier alpha value is -1.72. The van der Waals surface area contributed by atoms with Crippen LogP contribution in [0, 0.1) is 16.7 Å². The van der Waals surface area contributed by atoms with Gasteiger partial charge in [-0.15, -0.1) is 0 Å². The number of nitrogens with zero attached hydrogens (tertiary/aromatic N) is 3. The molecule has 0 amide bonds. The topological polar surface area (TPSA) is 116 Å². The van der Waals surface area contributed by atoms with E-state index in [4.69, 9.17) is 5.26 Å². The summed E-state index contributed by atoms with van der Waals surface area (Å²) in [5, 5.41) is 21.8. The summed E-state index contributed by atoms with van der Waals surface area (Å²) in [7, 11) is -2.61. The lowest BCUT2D eigenvalue weighted by Gasteiger charge is -2.49. The van der Waals surface area contributed by atoms with E-state index in [0.717, 1.165) is 0 Å². The van der Waals surface area contributed by atoms with Gasteiger partial charge in [0.05, 0.1) is 12.3 Å². The van der Waals surface area contributed by atoms with Gasteiger partial charge >= 0.3 is 0 Å². The molecule has 2 N–H and O–H groups in total. The molecule has 2 rings (SSSR count). The Balaban J connectivity index is 2.24. The molecular formula is C12H16N4O3S. The first-order valence-electron chi connectivity index (χ1n) is 6.17. The van der Waals surface area contributed by atoms with Gasteiger partial charge in [0.15, 0.2) is 0 Å². The van der Waals surface area contributed by atoms with Crippen molar-refractivity contribution in [2.24, 2.45) is 5.41 Å². The molecule has 1 heterocycles. The smallest absolute Gasteiger partial charge is 0.147 e. The molecule has 1 fully saturated rings. The first-order chi connectivity index (χ1) is 9.34. The predicted octanol–water partition coefficient (Wildman–Crippen LogP) is 0.0310. The second-order valence-electron chi connectivity index (χ2n) is 5.42. The minimum absolute atomic E-state index is 0.0200. The predicted molar refractivity (Wildman–Crippen MR) is 72.6 cm³/mol. The lowest BCUT2D eigenvalue weighted by molar-refractivity contribution is -0.0511. The number of rotatable bonds is 4. The highest BCUT2D eigenvalue weighted by Crippen LogP contribution is 2.42. The van der Waals surface area contributed by atoms with Crippen molar-refractivity contribution in [2.45, 2.75) is 38.2 Å². The van der Waals surface area contributed by atoms with Crippen molar-refractivity contribution in [2.75, 3.05) is 5.32 Å². The molecule has 7 nitrogen and oxygen atoms in total. The Morgan fingerprint density at radius 1 is 1.60 bits per heavy atom. The van der Waals surface area contributed by atoms with Gasteiger partial charge in [0, 0.05) is 11.5 Å². The molecule has 0 aromatic carbocycles. The lowest BCUT2D eigenvalue weighted by Crippen LogP contribution is -2.57. The Labute approximate surface area is 118 Å². The molecule has 1 saturated carbocycles. The van der Waals surface area contributed by atoms with Gasteiger partial charge in [0.2, 0.25) is 0 Å². The standard InChI is InChI=1S/C12H16N4O3S/c1-12(2)8(3-9(12)17)15-11-7(4-13)5-14-10(16-11)6-20(18)19/h5,8-9,17,20H,3,6H2,1-2H3,(H,14,15,16). The number of aliphatic hydroxyl groups is 1. The number of anilines is 1.